The smallest absolute Gasteiger partial charge is 0.138 e. The first-order valence-corrected chi connectivity index (χ1v) is 7.23. The van der Waals surface area contributed by atoms with E-state index in [0.29, 0.717) is 17.9 Å². The molecule has 0 saturated carbocycles. The molecule has 112 valence electrons. The number of rotatable bonds is 4. The van der Waals surface area contributed by atoms with E-state index in [-0.39, 0.29) is 5.82 Å². The number of hydrogen-bond acceptors (Lipinski definition) is 2. The Morgan fingerprint density at radius 3 is 2.26 bits per heavy atom. The monoisotopic (exact) mass is 303 g/mol. The summed E-state index contributed by atoms with van der Waals surface area (Å²) in [6.45, 7) is 0.391. The third-order valence-electron chi connectivity index (χ3n) is 3.52. The van der Waals surface area contributed by atoms with Gasteiger partial charge in [0.1, 0.15) is 24.2 Å². The number of halogens is 1. The molecule has 0 aliphatic carbocycles. The molecule has 0 unspecified atom stereocenters. The molecule has 0 amide bonds. The largest absolute Gasteiger partial charge is 0.488 e. The fraction of sp³-hybridized carbons (Fsp3) is 0.0500. The van der Waals surface area contributed by atoms with Crippen LogP contribution in [0, 0.1) is 17.1 Å². The number of nitriles is 1. The molecule has 0 bridgehead atoms. The summed E-state index contributed by atoms with van der Waals surface area (Å²) in [5, 5.41) is 9.23. The highest BCUT2D eigenvalue weighted by atomic mass is 19.1. The molecule has 23 heavy (non-hydrogen) atoms. The third kappa shape index (κ3) is 3.56. The molecule has 0 aromatic heterocycles. The first-order valence-electron chi connectivity index (χ1n) is 7.23. The molecule has 3 rings (SSSR count). The fourth-order valence-corrected chi connectivity index (χ4v) is 2.29. The average molecular weight is 303 g/mol. The van der Waals surface area contributed by atoms with Crippen molar-refractivity contribution < 1.29 is 9.13 Å². The molecule has 2 nitrogen and oxygen atoms in total. The Morgan fingerprint density at radius 1 is 0.870 bits per heavy atom. The van der Waals surface area contributed by atoms with Crippen molar-refractivity contribution in [1.29, 1.82) is 5.26 Å². The fourth-order valence-electron chi connectivity index (χ4n) is 2.29. The Labute approximate surface area is 134 Å². The second kappa shape index (κ2) is 6.76. The first kappa shape index (κ1) is 14.8. The molecular formula is C20H14FNO. The predicted molar refractivity (Wildman–Crippen MR) is 87.3 cm³/mol. The van der Waals surface area contributed by atoms with E-state index in [1.54, 1.807) is 18.2 Å². The quantitative estimate of drug-likeness (QED) is 0.683. The van der Waals surface area contributed by atoms with Crippen molar-refractivity contribution in [2.24, 2.45) is 0 Å². The molecule has 3 aromatic rings. The van der Waals surface area contributed by atoms with Crippen LogP contribution >= 0.6 is 0 Å². The maximum absolute atomic E-state index is 13.0. The lowest BCUT2D eigenvalue weighted by Crippen LogP contribution is -1.97. The van der Waals surface area contributed by atoms with Crippen LogP contribution in [0.1, 0.15) is 11.1 Å². The molecular weight excluding hydrogens is 289 g/mol. The minimum absolute atomic E-state index is 0.275. The summed E-state index contributed by atoms with van der Waals surface area (Å²) in [7, 11) is 0. The SMILES string of the molecule is N#Cc1ccc(-c2ccc(F)cc2)cc1OCc1ccccc1. The van der Waals surface area contributed by atoms with Crippen molar-refractivity contribution in [3.05, 3.63) is 89.7 Å². The van der Waals surface area contributed by atoms with Gasteiger partial charge in [-0.15, -0.1) is 0 Å². The summed E-state index contributed by atoms with van der Waals surface area (Å²) in [4.78, 5) is 0. The van der Waals surface area contributed by atoms with E-state index >= 15 is 0 Å². The van der Waals surface area contributed by atoms with E-state index < -0.39 is 0 Å². The Balaban J connectivity index is 1.87. The summed E-state index contributed by atoms with van der Waals surface area (Å²) < 4.78 is 18.8. The number of benzene rings is 3. The van der Waals surface area contributed by atoms with Gasteiger partial charge in [0.25, 0.3) is 0 Å². The van der Waals surface area contributed by atoms with Crippen LogP contribution in [0.4, 0.5) is 4.39 Å². The Hall–Kier alpha value is -3.12. The topological polar surface area (TPSA) is 33.0 Å². The van der Waals surface area contributed by atoms with Crippen LogP contribution in [0.25, 0.3) is 11.1 Å². The van der Waals surface area contributed by atoms with Gasteiger partial charge in [0, 0.05) is 0 Å². The minimum Gasteiger partial charge on any atom is -0.488 e. The van der Waals surface area contributed by atoms with Gasteiger partial charge in [-0.2, -0.15) is 5.26 Å². The van der Waals surface area contributed by atoms with Crippen molar-refractivity contribution in [3.63, 3.8) is 0 Å². The van der Waals surface area contributed by atoms with Gasteiger partial charge in [0.05, 0.1) is 5.56 Å². The van der Waals surface area contributed by atoms with Crippen molar-refractivity contribution in [3.8, 4) is 22.9 Å². The Bertz CT molecular complexity index is 836. The van der Waals surface area contributed by atoms with Gasteiger partial charge in [-0.05, 0) is 41.0 Å². The van der Waals surface area contributed by atoms with Gasteiger partial charge in [-0.3, -0.25) is 0 Å². The molecule has 0 fully saturated rings. The van der Waals surface area contributed by atoms with E-state index in [1.807, 2.05) is 42.5 Å². The normalized spacial score (nSPS) is 10.1. The van der Waals surface area contributed by atoms with Crippen molar-refractivity contribution in [1.82, 2.24) is 0 Å². The highest BCUT2D eigenvalue weighted by Gasteiger charge is 2.07. The predicted octanol–water partition coefficient (Wildman–Crippen LogP) is 4.94. The Morgan fingerprint density at radius 2 is 1.57 bits per heavy atom. The summed E-state index contributed by atoms with van der Waals surface area (Å²) in [5.41, 5.74) is 3.27. The number of ether oxygens (including phenoxy) is 1. The van der Waals surface area contributed by atoms with E-state index in [0.717, 1.165) is 16.7 Å². The number of nitrogens with zero attached hydrogens (tertiary/aromatic N) is 1. The lowest BCUT2D eigenvalue weighted by atomic mass is 10.0. The second-order valence-electron chi connectivity index (χ2n) is 5.10. The van der Waals surface area contributed by atoms with Crippen molar-refractivity contribution in [2.75, 3.05) is 0 Å². The maximum Gasteiger partial charge on any atom is 0.138 e. The average Bonchev–Trinajstić information content (AvgIpc) is 2.61. The Kier molecular flexibility index (Phi) is 4.35. The second-order valence-corrected chi connectivity index (χ2v) is 5.10. The molecule has 0 atom stereocenters. The molecule has 0 N–H and O–H groups in total. The highest BCUT2D eigenvalue weighted by molar-refractivity contribution is 5.67. The maximum atomic E-state index is 13.0. The zero-order valence-electron chi connectivity index (χ0n) is 12.4. The van der Waals surface area contributed by atoms with Gasteiger partial charge >= 0.3 is 0 Å². The van der Waals surface area contributed by atoms with Crippen LogP contribution in [-0.4, -0.2) is 0 Å². The van der Waals surface area contributed by atoms with E-state index in [2.05, 4.69) is 6.07 Å². The molecule has 0 radical (unpaired) electrons. The summed E-state index contributed by atoms with van der Waals surface area (Å²) in [5.74, 6) is 0.251. The highest BCUT2D eigenvalue weighted by Crippen LogP contribution is 2.28. The minimum atomic E-state index is -0.275. The standard InChI is InChI=1S/C20H14FNO/c21-19-10-8-16(9-11-19)17-6-7-18(13-22)20(12-17)23-14-15-4-2-1-3-5-15/h1-12H,14H2. The molecule has 3 heteroatoms. The molecule has 0 aliphatic rings. The van der Waals surface area contributed by atoms with Crippen molar-refractivity contribution in [2.45, 2.75) is 6.61 Å². The van der Waals surface area contributed by atoms with E-state index in [9.17, 15) is 9.65 Å². The summed E-state index contributed by atoms with van der Waals surface area (Å²) in [6, 6.07) is 23.5. The van der Waals surface area contributed by atoms with E-state index in [1.165, 1.54) is 12.1 Å². The third-order valence-corrected chi connectivity index (χ3v) is 3.52. The van der Waals surface area contributed by atoms with Gasteiger partial charge in [-0.25, -0.2) is 4.39 Å². The van der Waals surface area contributed by atoms with Gasteiger partial charge < -0.3 is 4.74 Å². The zero-order chi connectivity index (χ0) is 16.1. The van der Waals surface area contributed by atoms with Crippen LogP contribution in [0.2, 0.25) is 0 Å². The molecule has 3 aromatic carbocycles. The summed E-state index contributed by atoms with van der Waals surface area (Å²) >= 11 is 0. The summed E-state index contributed by atoms with van der Waals surface area (Å²) in [6.07, 6.45) is 0. The van der Waals surface area contributed by atoms with E-state index in [4.69, 9.17) is 4.74 Å². The van der Waals surface area contributed by atoms with Crippen LogP contribution in [0.15, 0.2) is 72.8 Å². The molecule has 0 saturated heterocycles. The first-order chi connectivity index (χ1) is 11.3. The van der Waals surface area contributed by atoms with Crippen molar-refractivity contribution >= 4 is 0 Å². The lowest BCUT2D eigenvalue weighted by molar-refractivity contribution is 0.305. The van der Waals surface area contributed by atoms with Gasteiger partial charge in [-0.1, -0.05) is 48.5 Å². The molecule has 0 aliphatic heterocycles. The number of hydrogen-bond donors (Lipinski definition) is 0. The van der Waals surface area contributed by atoms with Gasteiger partial charge in [0.15, 0.2) is 0 Å². The molecule has 0 spiro atoms. The zero-order valence-corrected chi connectivity index (χ0v) is 12.4. The molecule has 0 heterocycles. The van der Waals surface area contributed by atoms with Crippen LogP contribution in [-0.2, 0) is 6.61 Å². The van der Waals surface area contributed by atoms with Crippen LogP contribution in [0.3, 0.4) is 0 Å². The van der Waals surface area contributed by atoms with Crippen LogP contribution in [0.5, 0.6) is 5.75 Å². The van der Waals surface area contributed by atoms with Gasteiger partial charge in [0.2, 0.25) is 0 Å². The lowest BCUT2D eigenvalue weighted by Gasteiger charge is -2.10. The van der Waals surface area contributed by atoms with Crippen LogP contribution < -0.4 is 4.74 Å².